The van der Waals surface area contributed by atoms with Gasteiger partial charge in [-0.1, -0.05) is 13.8 Å². The smallest absolute Gasteiger partial charge is 0.182 e. The molecule has 1 aromatic rings. The Bertz CT molecular complexity index is 304. The molecule has 0 spiro atoms. The number of Topliss-reactive ketones (excluding diaryl/α,β-unsaturated/α-hetero) is 1. The van der Waals surface area contributed by atoms with Crippen molar-refractivity contribution < 1.29 is 4.79 Å². The van der Waals surface area contributed by atoms with E-state index in [-0.39, 0.29) is 11.7 Å². The Morgan fingerprint density at radius 1 is 1.62 bits per heavy atom. The second-order valence-electron chi connectivity index (χ2n) is 3.54. The number of hydrogen-bond donors (Lipinski definition) is 1. The highest BCUT2D eigenvalue weighted by Gasteiger charge is 2.19. The summed E-state index contributed by atoms with van der Waals surface area (Å²) in [7, 11) is 1.78. The molecule has 2 N–H and O–H groups in total. The highest BCUT2D eigenvalue weighted by molar-refractivity contribution is 5.99. The third kappa shape index (κ3) is 2.15. The van der Waals surface area contributed by atoms with Crippen LogP contribution in [0.5, 0.6) is 0 Å². The van der Waals surface area contributed by atoms with Gasteiger partial charge in [0.05, 0.1) is 17.8 Å². The number of ketones is 1. The molecule has 72 valence electrons. The van der Waals surface area contributed by atoms with Crippen LogP contribution in [0.25, 0.3) is 0 Å². The van der Waals surface area contributed by atoms with Crippen molar-refractivity contribution in [3.8, 4) is 0 Å². The highest BCUT2D eigenvalue weighted by atomic mass is 16.1. The summed E-state index contributed by atoms with van der Waals surface area (Å²) in [5, 5.41) is 3.92. The van der Waals surface area contributed by atoms with E-state index in [9.17, 15) is 4.79 Å². The van der Waals surface area contributed by atoms with Gasteiger partial charge < -0.3 is 5.73 Å². The molecular weight excluding hydrogens is 166 g/mol. The molecule has 1 heterocycles. The molecule has 0 amide bonds. The van der Waals surface area contributed by atoms with Crippen LogP contribution in [0.3, 0.4) is 0 Å². The summed E-state index contributed by atoms with van der Waals surface area (Å²) in [4.78, 5) is 11.6. The van der Waals surface area contributed by atoms with Gasteiger partial charge in [-0.3, -0.25) is 9.48 Å². The molecule has 0 aliphatic carbocycles. The number of carbonyl (C=O) groups is 1. The van der Waals surface area contributed by atoms with Crippen molar-refractivity contribution >= 4 is 5.78 Å². The van der Waals surface area contributed by atoms with Crippen LogP contribution in [0.15, 0.2) is 12.4 Å². The molecule has 4 nitrogen and oxygen atoms in total. The number of rotatable bonds is 3. The molecule has 1 rings (SSSR count). The lowest BCUT2D eigenvalue weighted by atomic mass is 9.98. The summed E-state index contributed by atoms with van der Waals surface area (Å²) < 4.78 is 1.60. The Labute approximate surface area is 77.7 Å². The molecule has 1 aromatic heterocycles. The van der Waals surface area contributed by atoms with Crippen molar-refractivity contribution in [1.29, 1.82) is 0 Å². The standard InChI is InChI=1S/C9H15N3O/c1-6(2)8(10)9(13)7-4-11-12(3)5-7/h4-6,8H,10H2,1-3H3/t8-/m0/s1. The molecular formula is C9H15N3O. The number of hydrogen-bond acceptors (Lipinski definition) is 3. The number of aryl methyl sites for hydroxylation is 1. The van der Waals surface area contributed by atoms with Gasteiger partial charge in [0.25, 0.3) is 0 Å². The minimum Gasteiger partial charge on any atom is -0.321 e. The van der Waals surface area contributed by atoms with Crippen LogP contribution in [0.4, 0.5) is 0 Å². The van der Waals surface area contributed by atoms with Crippen LogP contribution in [-0.2, 0) is 7.05 Å². The van der Waals surface area contributed by atoms with E-state index < -0.39 is 6.04 Å². The van der Waals surface area contributed by atoms with E-state index in [4.69, 9.17) is 5.73 Å². The van der Waals surface area contributed by atoms with Crippen molar-refractivity contribution in [3.63, 3.8) is 0 Å². The molecule has 13 heavy (non-hydrogen) atoms. The number of carbonyl (C=O) groups excluding carboxylic acids is 1. The van der Waals surface area contributed by atoms with Crippen LogP contribution < -0.4 is 5.73 Å². The molecule has 0 aromatic carbocycles. The maximum Gasteiger partial charge on any atom is 0.182 e. The molecule has 0 radical (unpaired) electrons. The van der Waals surface area contributed by atoms with Gasteiger partial charge in [0.1, 0.15) is 0 Å². The van der Waals surface area contributed by atoms with Crippen molar-refractivity contribution in [2.45, 2.75) is 19.9 Å². The van der Waals surface area contributed by atoms with Crippen LogP contribution in [-0.4, -0.2) is 21.6 Å². The summed E-state index contributed by atoms with van der Waals surface area (Å²) in [6.07, 6.45) is 3.23. The molecule has 0 unspecified atom stereocenters. The molecule has 0 saturated heterocycles. The number of nitrogens with two attached hydrogens (primary N) is 1. The topological polar surface area (TPSA) is 60.9 Å². The van der Waals surface area contributed by atoms with Crippen LogP contribution >= 0.6 is 0 Å². The zero-order valence-corrected chi connectivity index (χ0v) is 8.19. The summed E-state index contributed by atoms with van der Waals surface area (Å²) in [5.41, 5.74) is 6.30. The second kappa shape index (κ2) is 3.70. The minimum absolute atomic E-state index is 0.0388. The molecule has 0 aliphatic rings. The quantitative estimate of drug-likeness (QED) is 0.694. The van der Waals surface area contributed by atoms with E-state index in [0.717, 1.165) is 0 Å². The minimum atomic E-state index is -0.427. The van der Waals surface area contributed by atoms with E-state index >= 15 is 0 Å². The average Bonchev–Trinajstić information content (AvgIpc) is 2.49. The third-order valence-electron chi connectivity index (χ3n) is 2.01. The lowest BCUT2D eigenvalue weighted by Gasteiger charge is -2.12. The number of nitrogens with zero attached hydrogens (tertiary/aromatic N) is 2. The van der Waals surface area contributed by atoms with Gasteiger partial charge in [0.2, 0.25) is 0 Å². The Morgan fingerprint density at radius 3 is 2.62 bits per heavy atom. The van der Waals surface area contributed by atoms with Gasteiger partial charge in [-0.25, -0.2) is 0 Å². The van der Waals surface area contributed by atoms with Crippen LogP contribution in [0, 0.1) is 5.92 Å². The fraction of sp³-hybridized carbons (Fsp3) is 0.556. The Balaban J connectivity index is 2.79. The van der Waals surface area contributed by atoms with E-state index in [1.165, 1.54) is 0 Å². The highest BCUT2D eigenvalue weighted by Crippen LogP contribution is 2.07. The van der Waals surface area contributed by atoms with Crippen molar-refractivity contribution in [2.75, 3.05) is 0 Å². The maximum absolute atomic E-state index is 11.6. The summed E-state index contributed by atoms with van der Waals surface area (Å²) in [5.74, 6) is 0.121. The first-order chi connectivity index (χ1) is 6.02. The van der Waals surface area contributed by atoms with Crippen LogP contribution in [0.1, 0.15) is 24.2 Å². The normalized spacial score (nSPS) is 13.3. The average molecular weight is 181 g/mol. The largest absolute Gasteiger partial charge is 0.321 e. The first-order valence-corrected chi connectivity index (χ1v) is 4.31. The lowest BCUT2D eigenvalue weighted by molar-refractivity contribution is 0.0940. The zero-order chi connectivity index (χ0) is 10.0. The summed E-state index contributed by atoms with van der Waals surface area (Å²) in [6, 6.07) is -0.427. The SMILES string of the molecule is CC(C)[C@H](N)C(=O)c1cnn(C)c1. The van der Waals surface area contributed by atoms with E-state index in [0.29, 0.717) is 5.56 Å². The Hall–Kier alpha value is -1.16. The van der Waals surface area contributed by atoms with Gasteiger partial charge in [-0.05, 0) is 5.92 Å². The van der Waals surface area contributed by atoms with Gasteiger partial charge in [0, 0.05) is 13.2 Å². The van der Waals surface area contributed by atoms with E-state index in [2.05, 4.69) is 5.10 Å². The second-order valence-corrected chi connectivity index (χ2v) is 3.54. The number of aromatic nitrogens is 2. The molecule has 0 aliphatic heterocycles. The Morgan fingerprint density at radius 2 is 2.23 bits per heavy atom. The predicted molar refractivity (Wildman–Crippen MR) is 50.4 cm³/mol. The molecule has 0 bridgehead atoms. The monoisotopic (exact) mass is 181 g/mol. The van der Waals surface area contributed by atoms with Gasteiger partial charge in [-0.2, -0.15) is 5.10 Å². The third-order valence-corrected chi connectivity index (χ3v) is 2.01. The zero-order valence-electron chi connectivity index (χ0n) is 8.19. The molecule has 4 heteroatoms. The van der Waals surface area contributed by atoms with Crippen molar-refractivity contribution in [2.24, 2.45) is 18.7 Å². The van der Waals surface area contributed by atoms with Crippen LogP contribution in [0.2, 0.25) is 0 Å². The summed E-state index contributed by atoms with van der Waals surface area (Å²) in [6.45, 7) is 3.86. The Kier molecular flexibility index (Phi) is 2.83. The predicted octanol–water partition coefficient (Wildman–Crippen LogP) is 0.586. The van der Waals surface area contributed by atoms with Crippen molar-refractivity contribution in [3.05, 3.63) is 18.0 Å². The fourth-order valence-electron chi connectivity index (χ4n) is 1.04. The van der Waals surface area contributed by atoms with Gasteiger partial charge in [0.15, 0.2) is 5.78 Å². The lowest BCUT2D eigenvalue weighted by Crippen LogP contribution is -2.35. The maximum atomic E-state index is 11.6. The summed E-state index contributed by atoms with van der Waals surface area (Å²) >= 11 is 0. The van der Waals surface area contributed by atoms with Crippen molar-refractivity contribution in [1.82, 2.24) is 9.78 Å². The van der Waals surface area contributed by atoms with Gasteiger partial charge in [-0.15, -0.1) is 0 Å². The first kappa shape index (κ1) is 9.92. The van der Waals surface area contributed by atoms with E-state index in [1.807, 2.05) is 13.8 Å². The molecule has 0 saturated carbocycles. The molecule has 0 fully saturated rings. The van der Waals surface area contributed by atoms with Gasteiger partial charge >= 0.3 is 0 Å². The first-order valence-electron chi connectivity index (χ1n) is 4.31. The fourth-order valence-corrected chi connectivity index (χ4v) is 1.04. The van der Waals surface area contributed by atoms with E-state index in [1.54, 1.807) is 24.1 Å². The molecule has 1 atom stereocenters.